The van der Waals surface area contributed by atoms with E-state index in [4.69, 9.17) is 4.52 Å². The average molecular weight is 565 g/mol. The van der Waals surface area contributed by atoms with Gasteiger partial charge in [-0.15, -0.1) is 35.8 Å². The number of carbonyl (C=O) groups excluding carboxylic acids is 2. The first-order valence-electron chi connectivity index (χ1n) is 10.8. The molecule has 0 aliphatic heterocycles. The SMILES string of the molecule is C/C(=N\NC(=O)c1ccc(C(=O)NCc2cc(C)on2)s1)c1csc(-c2ccc(OC(F)(F)F)cc2)c1O. The number of thiophene rings is 2. The second kappa shape index (κ2) is 11.1. The van der Waals surface area contributed by atoms with Crippen LogP contribution >= 0.6 is 22.7 Å². The lowest BCUT2D eigenvalue weighted by atomic mass is 10.1. The second-order valence-electron chi connectivity index (χ2n) is 7.81. The lowest BCUT2D eigenvalue weighted by molar-refractivity contribution is -0.274. The topological polar surface area (TPSA) is 126 Å². The zero-order valence-electron chi connectivity index (χ0n) is 19.8. The number of hydrogen-bond donors (Lipinski definition) is 3. The molecule has 1 aromatic carbocycles. The van der Waals surface area contributed by atoms with Crippen LogP contribution in [0.4, 0.5) is 13.2 Å². The number of rotatable bonds is 8. The maximum absolute atomic E-state index is 12.5. The van der Waals surface area contributed by atoms with E-state index < -0.39 is 12.3 Å². The molecule has 0 radical (unpaired) electrons. The molecule has 3 aromatic heterocycles. The van der Waals surface area contributed by atoms with Crippen molar-refractivity contribution in [2.45, 2.75) is 26.8 Å². The van der Waals surface area contributed by atoms with E-state index in [9.17, 15) is 27.9 Å². The van der Waals surface area contributed by atoms with Gasteiger partial charge in [0.25, 0.3) is 11.8 Å². The summed E-state index contributed by atoms with van der Waals surface area (Å²) < 4.78 is 45.9. The zero-order valence-corrected chi connectivity index (χ0v) is 21.4. The van der Waals surface area contributed by atoms with Gasteiger partial charge < -0.3 is 19.7 Å². The Morgan fingerprint density at radius 3 is 2.45 bits per heavy atom. The van der Waals surface area contributed by atoms with Gasteiger partial charge in [-0.05, 0) is 55.8 Å². The van der Waals surface area contributed by atoms with Crippen LogP contribution in [0.2, 0.25) is 0 Å². The van der Waals surface area contributed by atoms with Gasteiger partial charge >= 0.3 is 6.36 Å². The number of halogens is 3. The monoisotopic (exact) mass is 564 g/mol. The van der Waals surface area contributed by atoms with Crippen LogP contribution in [0.5, 0.6) is 11.5 Å². The van der Waals surface area contributed by atoms with E-state index in [1.165, 1.54) is 24.3 Å². The van der Waals surface area contributed by atoms with E-state index in [2.05, 4.69) is 25.7 Å². The van der Waals surface area contributed by atoms with Crippen molar-refractivity contribution in [3.8, 4) is 21.9 Å². The number of hydrazone groups is 1. The van der Waals surface area contributed by atoms with Gasteiger partial charge in [0.1, 0.15) is 23.0 Å². The van der Waals surface area contributed by atoms with Crippen molar-refractivity contribution >= 4 is 40.2 Å². The lowest BCUT2D eigenvalue weighted by Crippen LogP contribution is -2.22. The second-order valence-corrected chi connectivity index (χ2v) is 9.78. The van der Waals surface area contributed by atoms with E-state index in [-0.39, 0.29) is 28.8 Å². The summed E-state index contributed by atoms with van der Waals surface area (Å²) >= 11 is 2.14. The van der Waals surface area contributed by atoms with Crippen molar-refractivity contribution in [1.29, 1.82) is 0 Å². The third kappa shape index (κ3) is 6.58. The van der Waals surface area contributed by atoms with Gasteiger partial charge in [-0.2, -0.15) is 5.10 Å². The minimum absolute atomic E-state index is 0.132. The summed E-state index contributed by atoms with van der Waals surface area (Å²) in [5.41, 5.74) is 4.08. The number of nitrogens with zero attached hydrogens (tertiary/aromatic N) is 2. The number of ether oxygens (including phenoxy) is 1. The van der Waals surface area contributed by atoms with Gasteiger partial charge in [0, 0.05) is 11.4 Å². The van der Waals surface area contributed by atoms with Crippen LogP contribution < -0.4 is 15.5 Å². The fourth-order valence-electron chi connectivity index (χ4n) is 3.21. The van der Waals surface area contributed by atoms with Crippen LogP contribution in [0.25, 0.3) is 10.4 Å². The van der Waals surface area contributed by atoms with Crippen molar-refractivity contribution in [1.82, 2.24) is 15.9 Å². The molecule has 9 nitrogen and oxygen atoms in total. The fourth-order valence-corrected chi connectivity index (χ4v) is 5.04. The standard InChI is InChI=1S/C24H19F3N4O5S2/c1-12-9-15(31-36-12)10-28-22(33)18-7-8-19(38-18)23(34)30-29-13(2)17-11-37-21(20(17)32)14-3-5-16(6-4-14)35-24(25,26)27/h3-9,11,32H,10H2,1-2H3,(H,28,33)(H,30,34)/b29-13+. The van der Waals surface area contributed by atoms with Gasteiger partial charge in [0.15, 0.2) is 0 Å². The molecule has 0 atom stereocenters. The molecule has 0 bridgehead atoms. The number of aromatic nitrogens is 1. The molecule has 2 amide bonds. The van der Waals surface area contributed by atoms with Crippen molar-refractivity contribution in [3.63, 3.8) is 0 Å². The molecule has 0 aliphatic rings. The number of benzene rings is 1. The molecule has 4 rings (SSSR count). The summed E-state index contributed by atoms with van der Waals surface area (Å²) in [7, 11) is 0. The molecule has 198 valence electrons. The molecule has 4 aromatic rings. The maximum atomic E-state index is 12.5. The van der Waals surface area contributed by atoms with Gasteiger partial charge in [-0.25, -0.2) is 5.43 Å². The Labute approximate surface area is 221 Å². The smallest absolute Gasteiger partial charge is 0.506 e. The van der Waals surface area contributed by atoms with Crippen molar-refractivity contribution in [2.75, 3.05) is 0 Å². The highest BCUT2D eigenvalue weighted by atomic mass is 32.1. The summed E-state index contributed by atoms with van der Waals surface area (Å²) in [4.78, 5) is 25.9. The number of hydrogen-bond acceptors (Lipinski definition) is 9. The van der Waals surface area contributed by atoms with E-state index >= 15 is 0 Å². The minimum atomic E-state index is -4.80. The summed E-state index contributed by atoms with van der Waals surface area (Å²) in [6.07, 6.45) is -4.80. The van der Waals surface area contributed by atoms with E-state index in [1.807, 2.05) is 0 Å². The largest absolute Gasteiger partial charge is 0.573 e. The normalized spacial score (nSPS) is 11.9. The fraction of sp³-hybridized carbons (Fsp3) is 0.167. The number of aryl methyl sites for hydroxylation is 1. The molecule has 0 saturated heterocycles. The molecule has 14 heteroatoms. The summed E-state index contributed by atoms with van der Waals surface area (Å²) in [5, 5.41) is 22.8. The van der Waals surface area contributed by atoms with E-state index in [1.54, 1.807) is 25.3 Å². The van der Waals surface area contributed by atoms with Crippen molar-refractivity contribution in [2.24, 2.45) is 5.10 Å². The maximum Gasteiger partial charge on any atom is 0.573 e. The molecule has 0 aliphatic carbocycles. The molecular weight excluding hydrogens is 545 g/mol. The van der Waals surface area contributed by atoms with Gasteiger partial charge in [-0.1, -0.05) is 5.16 Å². The number of carbonyl (C=O) groups is 2. The highest BCUT2D eigenvalue weighted by Crippen LogP contribution is 2.39. The molecule has 38 heavy (non-hydrogen) atoms. The first-order chi connectivity index (χ1) is 18.0. The van der Waals surface area contributed by atoms with Gasteiger partial charge in [0.2, 0.25) is 0 Å². The number of aromatic hydroxyl groups is 1. The Hall–Kier alpha value is -4.17. The minimum Gasteiger partial charge on any atom is -0.506 e. The van der Waals surface area contributed by atoms with Crippen LogP contribution in [-0.4, -0.2) is 34.2 Å². The Bertz CT molecular complexity index is 1490. The predicted octanol–water partition coefficient (Wildman–Crippen LogP) is 5.46. The van der Waals surface area contributed by atoms with Crippen LogP contribution in [-0.2, 0) is 6.54 Å². The number of amides is 2. The number of nitrogens with one attached hydrogen (secondary N) is 2. The van der Waals surface area contributed by atoms with Crippen LogP contribution in [0.15, 0.2) is 57.5 Å². The van der Waals surface area contributed by atoms with E-state index in [0.717, 1.165) is 34.8 Å². The van der Waals surface area contributed by atoms with E-state index in [0.29, 0.717) is 38.0 Å². The predicted molar refractivity (Wildman–Crippen MR) is 135 cm³/mol. The first kappa shape index (κ1) is 26.9. The highest BCUT2D eigenvalue weighted by Gasteiger charge is 2.31. The van der Waals surface area contributed by atoms with Gasteiger partial charge in [0.05, 0.1) is 32.5 Å². The molecule has 3 N–H and O–H groups in total. The summed E-state index contributed by atoms with van der Waals surface area (Å²) in [6.45, 7) is 3.49. The summed E-state index contributed by atoms with van der Waals surface area (Å²) in [5.74, 6) is -0.802. The number of alkyl halides is 3. The Morgan fingerprint density at radius 2 is 1.82 bits per heavy atom. The third-order valence-corrected chi connectivity index (χ3v) is 7.09. The first-order valence-corrected chi connectivity index (χ1v) is 12.5. The Morgan fingerprint density at radius 1 is 1.13 bits per heavy atom. The van der Waals surface area contributed by atoms with Crippen molar-refractivity contribution < 1.29 is 37.1 Å². The van der Waals surface area contributed by atoms with Gasteiger partial charge in [-0.3, -0.25) is 9.59 Å². The average Bonchev–Trinajstić information content (AvgIpc) is 3.60. The summed E-state index contributed by atoms with van der Waals surface area (Å²) in [6, 6.07) is 9.78. The molecule has 3 heterocycles. The third-order valence-electron chi connectivity index (χ3n) is 4.99. The molecule has 0 saturated carbocycles. The quantitative estimate of drug-likeness (QED) is 0.193. The van der Waals surface area contributed by atoms with Crippen LogP contribution in [0.3, 0.4) is 0 Å². The highest BCUT2D eigenvalue weighted by molar-refractivity contribution is 7.16. The van der Waals surface area contributed by atoms with Crippen LogP contribution in [0, 0.1) is 6.92 Å². The molecule has 0 spiro atoms. The Balaban J connectivity index is 1.37. The molecule has 0 unspecified atom stereocenters. The lowest BCUT2D eigenvalue weighted by Gasteiger charge is -2.09. The molecule has 0 fully saturated rings. The van der Waals surface area contributed by atoms with Crippen molar-refractivity contribution in [3.05, 3.63) is 74.6 Å². The van der Waals surface area contributed by atoms with Crippen LogP contribution in [0.1, 0.15) is 43.3 Å². The molecular formula is C24H19F3N4O5S2. The Kier molecular flexibility index (Phi) is 7.83. The zero-order chi connectivity index (χ0) is 27.4.